The molecule has 0 N–H and O–H groups in total. The molecule has 2 aromatic carbocycles. The maximum absolute atomic E-state index is 13.6. The lowest BCUT2D eigenvalue weighted by Gasteiger charge is -2.25. The largest absolute Gasteiger partial charge is 0.492 e. The van der Waals surface area contributed by atoms with E-state index in [4.69, 9.17) is 9.72 Å². The van der Waals surface area contributed by atoms with Gasteiger partial charge in [0.1, 0.15) is 11.3 Å². The number of thiazole rings is 1. The van der Waals surface area contributed by atoms with Crippen molar-refractivity contribution < 1.29 is 17.9 Å². The zero-order valence-electron chi connectivity index (χ0n) is 20.0. The molecule has 0 aliphatic rings. The molecule has 1 amide bonds. The minimum Gasteiger partial charge on any atom is -0.492 e. The summed E-state index contributed by atoms with van der Waals surface area (Å²) >= 11 is 1.43. The number of rotatable bonds is 11. The van der Waals surface area contributed by atoms with E-state index >= 15 is 0 Å². The van der Waals surface area contributed by atoms with Gasteiger partial charge in [-0.3, -0.25) is 9.69 Å². The van der Waals surface area contributed by atoms with E-state index in [1.165, 1.54) is 23.5 Å². The molecule has 0 spiro atoms. The number of para-hydroxylation sites is 1. The summed E-state index contributed by atoms with van der Waals surface area (Å²) in [6.07, 6.45) is 0. The maximum atomic E-state index is 13.6. The molecule has 7 nitrogen and oxygen atoms in total. The monoisotopic (exact) mass is 525 g/mol. The molecular formula is C24H32ClN3O4S2. The Morgan fingerprint density at radius 3 is 2.38 bits per heavy atom. The Morgan fingerprint density at radius 2 is 1.74 bits per heavy atom. The molecule has 34 heavy (non-hydrogen) atoms. The minimum atomic E-state index is -3.42. The number of halogens is 1. The number of amides is 1. The minimum absolute atomic E-state index is 0. The summed E-state index contributed by atoms with van der Waals surface area (Å²) < 4.78 is 31.4. The van der Waals surface area contributed by atoms with E-state index in [0.717, 1.165) is 23.3 Å². The third-order valence-electron chi connectivity index (χ3n) is 5.50. The Hall–Kier alpha value is -2.20. The number of hydrogen-bond donors (Lipinski definition) is 0. The van der Waals surface area contributed by atoms with Crippen LogP contribution in [0.25, 0.3) is 10.2 Å². The summed E-state index contributed by atoms with van der Waals surface area (Å²) in [5.41, 5.74) is 1.05. The molecule has 186 valence electrons. The molecule has 3 rings (SSSR count). The van der Waals surface area contributed by atoms with Crippen LogP contribution in [0.2, 0.25) is 0 Å². The summed E-state index contributed by atoms with van der Waals surface area (Å²) in [5.74, 6) is 0.394. The van der Waals surface area contributed by atoms with E-state index in [0.29, 0.717) is 36.1 Å². The van der Waals surface area contributed by atoms with Crippen molar-refractivity contribution in [2.45, 2.75) is 32.6 Å². The number of likely N-dealkylation sites (N-methyl/N-ethyl adjacent to an activating group) is 1. The summed E-state index contributed by atoms with van der Waals surface area (Å²) in [5, 5.41) is 0.568. The Labute approximate surface area is 212 Å². The highest BCUT2D eigenvalue weighted by Gasteiger charge is 2.24. The molecule has 0 radical (unpaired) electrons. The number of nitrogens with zero attached hydrogens (tertiary/aromatic N) is 3. The highest BCUT2D eigenvalue weighted by molar-refractivity contribution is 7.91. The second-order valence-electron chi connectivity index (χ2n) is 7.45. The lowest BCUT2D eigenvalue weighted by molar-refractivity contribution is 0.0983. The predicted octanol–water partition coefficient (Wildman–Crippen LogP) is 4.90. The van der Waals surface area contributed by atoms with Crippen molar-refractivity contribution >= 4 is 54.8 Å². The van der Waals surface area contributed by atoms with E-state index < -0.39 is 9.84 Å². The fraction of sp³-hybridized carbons (Fsp3) is 0.417. The standard InChI is InChI=1S/C24H31N3O4S2.ClH/c1-5-26(6-2)15-16-27(23(28)18-11-9-12-19(17-18)33(29,30)8-4)24-25-22-20(31-7-3)13-10-14-21(22)32-24;/h9-14,17H,5-8,15-16H2,1-4H3;1H. The van der Waals surface area contributed by atoms with Crippen LogP contribution >= 0.6 is 23.7 Å². The van der Waals surface area contributed by atoms with Crippen molar-refractivity contribution in [2.24, 2.45) is 0 Å². The van der Waals surface area contributed by atoms with Gasteiger partial charge in [-0.15, -0.1) is 12.4 Å². The van der Waals surface area contributed by atoms with Crippen LogP contribution in [-0.2, 0) is 9.84 Å². The van der Waals surface area contributed by atoms with Gasteiger partial charge in [-0.2, -0.15) is 0 Å². The molecule has 0 bridgehead atoms. The quantitative estimate of drug-likeness (QED) is 0.354. The molecule has 0 saturated heterocycles. The Balaban J connectivity index is 0.00000408. The molecule has 1 heterocycles. The SMILES string of the molecule is CCOc1cccc2sc(N(CCN(CC)CC)C(=O)c3cccc(S(=O)(=O)CC)c3)nc12.Cl. The van der Waals surface area contributed by atoms with Gasteiger partial charge in [0.25, 0.3) is 5.91 Å². The van der Waals surface area contributed by atoms with Gasteiger partial charge in [0.05, 0.1) is 22.0 Å². The Bertz CT molecular complexity index is 1210. The van der Waals surface area contributed by atoms with E-state index in [2.05, 4.69) is 18.7 Å². The lowest BCUT2D eigenvalue weighted by atomic mass is 10.2. The maximum Gasteiger partial charge on any atom is 0.260 e. The first kappa shape index (κ1) is 28.0. The van der Waals surface area contributed by atoms with Crippen LogP contribution in [0.15, 0.2) is 47.4 Å². The van der Waals surface area contributed by atoms with Crippen LogP contribution in [0, 0.1) is 0 Å². The molecule has 0 fully saturated rings. The van der Waals surface area contributed by atoms with E-state index in [9.17, 15) is 13.2 Å². The van der Waals surface area contributed by atoms with Crippen LogP contribution in [0.5, 0.6) is 5.75 Å². The molecule has 3 aromatic rings. The first-order valence-corrected chi connectivity index (χ1v) is 13.7. The normalized spacial score (nSPS) is 11.4. The van der Waals surface area contributed by atoms with Gasteiger partial charge in [-0.05, 0) is 50.3 Å². The summed E-state index contributed by atoms with van der Waals surface area (Å²) in [6, 6.07) is 12.0. The van der Waals surface area contributed by atoms with Crippen LogP contribution in [0.1, 0.15) is 38.1 Å². The second-order valence-corrected chi connectivity index (χ2v) is 10.7. The average Bonchev–Trinajstić information content (AvgIpc) is 3.27. The summed E-state index contributed by atoms with van der Waals surface area (Å²) in [4.78, 5) is 22.4. The summed E-state index contributed by atoms with van der Waals surface area (Å²) in [6.45, 7) is 11.1. The molecule has 0 saturated carbocycles. The number of ether oxygens (including phenoxy) is 1. The van der Waals surface area contributed by atoms with Crippen LogP contribution in [0.4, 0.5) is 5.13 Å². The zero-order chi connectivity index (χ0) is 24.0. The fourth-order valence-electron chi connectivity index (χ4n) is 3.51. The Morgan fingerprint density at radius 1 is 1.03 bits per heavy atom. The first-order chi connectivity index (χ1) is 15.8. The van der Waals surface area contributed by atoms with Crippen molar-refractivity contribution in [3.63, 3.8) is 0 Å². The van der Waals surface area contributed by atoms with Crippen molar-refractivity contribution in [3.05, 3.63) is 48.0 Å². The number of carbonyl (C=O) groups excluding carboxylic acids is 1. The summed E-state index contributed by atoms with van der Waals surface area (Å²) in [7, 11) is -3.42. The highest BCUT2D eigenvalue weighted by atomic mass is 35.5. The van der Waals surface area contributed by atoms with Crippen molar-refractivity contribution in [2.75, 3.05) is 43.4 Å². The number of hydrogen-bond acceptors (Lipinski definition) is 7. The van der Waals surface area contributed by atoms with Crippen molar-refractivity contribution in [3.8, 4) is 5.75 Å². The molecule has 0 unspecified atom stereocenters. The van der Waals surface area contributed by atoms with Crippen LogP contribution in [-0.4, -0.2) is 62.7 Å². The lowest BCUT2D eigenvalue weighted by Crippen LogP contribution is -2.39. The number of fused-ring (bicyclic) bond motifs is 1. The smallest absolute Gasteiger partial charge is 0.260 e. The van der Waals surface area contributed by atoms with Gasteiger partial charge in [0.15, 0.2) is 15.0 Å². The fourth-order valence-corrected chi connectivity index (χ4v) is 5.44. The third kappa shape index (κ3) is 6.27. The number of anilines is 1. The number of carbonyl (C=O) groups is 1. The highest BCUT2D eigenvalue weighted by Crippen LogP contribution is 2.35. The molecular weight excluding hydrogens is 494 g/mol. The molecule has 0 aliphatic heterocycles. The van der Waals surface area contributed by atoms with Gasteiger partial charge >= 0.3 is 0 Å². The van der Waals surface area contributed by atoms with E-state index in [1.54, 1.807) is 24.0 Å². The predicted molar refractivity (Wildman–Crippen MR) is 142 cm³/mol. The van der Waals surface area contributed by atoms with E-state index in [1.807, 2.05) is 25.1 Å². The molecule has 0 atom stereocenters. The van der Waals surface area contributed by atoms with Gasteiger partial charge in [-0.1, -0.05) is 44.2 Å². The van der Waals surface area contributed by atoms with Gasteiger partial charge < -0.3 is 9.64 Å². The number of aromatic nitrogens is 1. The van der Waals surface area contributed by atoms with Crippen molar-refractivity contribution in [1.29, 1.82) is 0 Å². The van der Waals surface area contributed by atoms with Gasteiger partial charge in [-0.25, -0.2) is 13.4 Å². The third-order valence-corrected chi connectivity index (χ3v) is 8.28. The van der Waals surface area contributed by atoms with Crippen LogP contribution < -0.4 is 9.64 Å². The second kappa shape index (κ2) is 12.5. The first-order valence-electron chi connectivity index (χ1n) is 11.2. The number of sulfone groups is 1. The van der Waals surface area contributed by atoms with Crippen LogP contribution in [0.3, 0.4) is 0 Å². The topological polar surface area (TPSA) is 79.8 Å². The van der Waals surface area contributed by atoms with Crippen molar-refractivity contribution in [1.82, 2.24) is 9.88 Å². The van der Waals surface area contributed by atoms with Gasteiger partial charge in [0, 0.05) is 18.7 Å². The number of benzene rings is 2. The average molecular weight is 526 g/mol. The molecule has 0 aliphatic carbocycles. The zero-order valence-corrected chi connectivity index (χ0v) is 22.4. The molecule has 1 aromatic heterocycles. The van der Waals surface area contributed by atoms with Gasteiger partial charge in [0.2, 0.25) is 0 Å². The molecule has 10 heteroatoms. The van der Waals surface area contributed by atoms with E-state index in [-0.39, 0.29) is 29.0 Å². The Kier molecular flexibility index (Phi) is 10.3.